The molecule has 0 bridgehead atoms. The Hall–Kier alpha value is -2.41. The highest BCUT2D eigenvalue weighted by Crippen LogP contribution is 2.14. The molecule has 23 heavy (non-hydrogen) atoms. The van der Waals surface area contributed by atoms with Gasteiger partial charge in [-0.25, -0.2) is 0 Å². The fourth-order valence-corrected chi connectivity index (χ4v) is 2.36. The molecule has 7 nitrogen and oxygen atoms in total. The summed E-state index contributed by atoms with van der Waals surface area (Å²) >= 11 is 0. The number of hydrogen-bond donors (Lipinski definition) is 0. The molecule has 1 unspecified atom stereocenters. The van der Waals surface area contributed by atoms with Crippen molar-refractivity contribution in [1.29, 1.82) is 0 Å². The Kier molecular flexibility index (Phi) is 4.57. The minimum Gasteiger partial charge on any atom is -0.489 e. The van der Waals surface area contributed by atoms with Crippen LogP contribution >= 0.6 is 0 Å². The van der Waals surface area contributed by atoms with Gasteiger partial charge in [-0.3, -0.25) is 9.78 Å². The van der Waals surface area contributed by atoms with Gasteiger partial charge in [0.15, 0.2) is 5.69 Å². The predicted octanol–water partition coefficient (Wildman–Crippen LogP) is 1.61. The zero-order chi connectivity index (χ0) is 16.2. The summed E-state index contributed by atoms with van der Waals surface area (Å²) in [5.41, 5.74) is 1.26. The van der Waals surface area contributed by atoms with E-state index in [1.54, 1.807) is 24.1 Å². The number of rotatable bonds is 4. The van der Waals surface area contributed by atoms with Crippen molar-refractivity contribution in [2.75, 3.05) is 26.3 Å². The van der Waals surface area contributed by atoms with Crippen LogP contribution in [-0.2, 0) is 4.74 Å². The molecule has 122 valence electrons. The summed E-state index contributed by atoms with van der Waals surface area (Å²) < 4.78 is 16.3. The topological polar surface area (TPSA) is 77.7 Å². The maximum atomic E-state index is 12.4. The Balaban J connectivity index is 1.55. The molecule has 3 rings (SSSR count). The third-order valence-electron chi connectivity index (χ3n) is 3.59. The number of aryl methyl sites for hydroxylation is 2. The monoisotopic (exact) mass is 317 g/mol. The van der Waals surface area contributed by atoms with Gasteiger partial charge in [-0.15, -0.1) is 0 Å². The first kappa shape index (κ1) is 15.5. The number of aromatic nitrogens is 2. The predicted molar refractivity (Wildman–Crippen MR) is 81.4 cm³/mol. The number of morpholine rings is 1. The van der Waals surface area contributed by atoms with E-state index in [1.807, 2.05) is 19.1 Å². The number of nitrogens with zero attached hydrogens (tertiary/aromatic N) is 3. The smallest absolute Gasteiger partial charge is 0.276 e. The Morgan fingerprint density at radius 3 is 3.00 bits per heavy atom. The van der Waals surface area contributed by atoms with Gasteiger partial charge in [-0.2, -0.15) is 0 Å². The van der Waals surface area contributed by atoms with Gasteiger partial charge in [0.25, 0.3) is 5.91 Å². The molecular weight excluding hydrogens is 298 g/mol. The lowest BCUT2D eigenvalue weighted by Crippen LogP contribution is -2.47. The number of amides is 1. The number of carbonyl (C=O) groups is 1. The normalized spacial score (nSPS) is 18.0. The first-order chi connectivity index (χ1) is 11.1. The van der Waals surface area contributed by atoms with Crippen molar-refractivity contribution in [3.05, 3.63) is 41.5 Å². The van der Waals surface area contributed by atoms with Gasteiger partial charge in [-0.1, -0.05) is 5.16 Å². The molecule has 0 saturated carbocycles. The Labute approximate surface area is 134 Å². The van der Waals surface area contributed by atoms with Gasteiger partial charge >= 0.3 is 0 Å². The van der Waals surface area contributed by atoms with Crippen molar-refractivity contribution in [2.45, 2.75) is 20.0 Å². The van der Waals surface area contributed by atoms with Crippen LogP contribution < -0.4 is 4.74 Å². The van der Waals surface area contributed by atoms with Crippen LogP contribution in [0.4, 0.5) is 0 Å². The zero-order valence-electron chi connectivity index (χ0n) is 13.2. The van der Waals surface area contributed by atoms with E-state index >= 15 is 0 Å². The van der Waals surface area contributed by atoms with Crippen LogP contribution in [0, 0.1) is 13.8 Å². The number of ether oxygens (including phenoxy) is 2. The molecule has 1 aliphatic rings. The van der Waals surface area contributed by atoms with E-state index in [4.69, 9.17) is 14.0 Å². The number of carbonyl (C=O) groups excluding carboxylic acids is 1. The van der Waals surface area contributed by atoms with Crippen LogP contribution in [0.5, 0.6) is 5.75 Å². The van der Waals surface area contributed by atoms with E-state index in [1.165, 1.54) is 0 Å². The minimum absolute atomic E-state index is 0.146. The second-order valence-electron chi connectivity index (χ2n) is 5.51. The molecule has 1 amide bonds. The maximum absolute atomic E-state index is 12.4. The van der Waals surface area contributed by atoms with Gasteiger partial charge < -0.3 is 18.9 Å². The summed E-state index contributed by atoms with van der Waals surface area (Å²) in [7, 11) is 0. The highest BCUT2D eigenvalue weighted by Gasteiger charge is 2.27. The molecule has 1 atom stereocenters. The highest BCUT2D eigenvalue weighted by atomic mass is 16.5. The lowest BCUT2D eigenvalue weighted by atomic mass is 10.2. The maximum Gasteiger partial charge on any atom is 0.276 e. The summed E-state index contributed by atoms with van der Waals surface area (Å²) in [5.74, 6) is 1.16. The molecule has 2 aromatic rings. The SMILES string of the molecule is Cc1ccc(OCC2CN(C(=O)c3cc(C)on3)CCO2)cn1. The van der Waals surface area contributed by atoms with E-state index in [9.17, 15) is 4.79 Å². The van der Waals surface area contributed by atoms with Crippen LogP contribution in [0.2, 0.25) is 0 Å². The average Bonchev–Trinajstić information content (AvgIpc) is 3.00. The van der Waals surface area contributed by atoms with Crippen molar-refractivity contribution < 1.29 is 18.8 Å². The van der Waals surface area contributed by atoms with Gasteiger partial charge in [0.2, 0.25) is 0 Å². The fraction of sp³-hybridized carbons (Fsp3) is 0.438. The van der Waals surface area contributed by atoms with E-state index in [2.05, 4.69) is 10.1 Å². The number of pyridine rings is 1. The summed E-state index contributed by atoms with van der Waals surface area (Å²) in [5, 5.41) is 3.77. The van der Waals surface area contributed by atoms with Crippen LogP contribution in [0.15, 0.2) is 28.9 Å². The molecule has 0 radical (unpaired) electrons. The quantitative estimate of drug-likeness (QED) is 0.852. The summed E-state index contributed by atoms with van der Waals surface area (Å²) in [6.45, 7) is 5.52. The number of hydrogen-bond acceptors (Lipinski definition) is 6. The second kappa shape index (κ2) is 6.78. The van der Waals surface area contributed by atoms with Crippen LogP contribution in [0.3, 0.4) is 0 Å². The average molecular weight is 317 g/mol. The van der Waals surface area contributed by atoms with Crippen molar-refractivity contribution in [2.24, 2.45) is 0 Å². The molecular formula is C16H19N3O4. The van der Waals surface area contributed by atoms with Crippen molar-refractivity contribution in [1.82, 2.24) is 15.0 Å². The molecule has 0 aliphatic carbocycles. The van der Waals surface area contributed by atoms with Crippen LogP contribution in [0.1, 0.15) is 21.9 Å². The lowest BCUT2D eigenvalue weighted by Gasteiger charge is -2.32. The van der Waals surface area contributed by atoms with Gasteiger partial charge in [0, 0.05) is 18.3 Å². The first-order valence-corrected chi connectivity index (χ1v) is 7.51. The molecule has 0 aromatic carbocycles. The molecule has 0 N–H and O–H groups in total. The third-order valence-corrected chi connectivity index (χ3v) is 3.59. The molecule has 2 aromatic heterocycles. The summed E-state index contributed by atoms with van der Waals surface area (Å²) in [4.78, 5) is 18.3. The molecule has 0 spiro atoms. The Bertz CT molecular complexity index is 668. The van der Waals surface area contributed by atoms with Gasteiger partial charge in [-0.05, 0) is 26.0 Å². The van der Waals surface area contributed by atoms with E-state index in [-0.39, 0.29) is 12.0 Å². The van der Waals surface area contributed by atoms with E-state index in [0.717, 1.165) is 5.69 Å². The largest absolute Gasteiger partial charge is 0.489 e. The van der Waals surface area contributed by atoms with Crippen LogP contribution in [0.25, 0.3) is 0 Å². The van der Waals surface area contributed by atoms with Gasteiger partial charge in [0.1, 0.15) is 24.2 Å². The fourth-order valence-electron chi connectivity index (χ4n) is 2.36. The van der Waals surface area contributed by atoms with Crippen LogP contribution in [-0.4, -0.2) is 53.4 Å². The van der Waals surface area contributed by atoms with E-state index < -0.39 is 0 Å². The Morgan fingerprint density at radius 2 is 2.30 bits per heavy atom. The molecule has 3 heterocycles. The highest BCUT2D eigenvalue weighted by molar-refractivity contribution is 5.92. The molecule has 1 aliphatic heterocycles. The van der Waals surface area contributed by atoms with Crippen molar-refractivity contribution in [3.63, 3.8) is 0 Å². The third kappa shape index (κ3) is 3.87. The standard InChI is InChI=1S/C16H19N3O4/c1-11-3-4-13(8-17-11)22-10-14-9-19(5-6-21-14)16(20)15-7-12(2)23-18-15/h3-4,7-8,14H,5-6,9-10H2,1-2H3. The molecule has 7 heteroatoms. The van der Waals surface area contributed by atoms with Crippen molar-refractivity contribution >= 4 is 5.91 Å². The first-order valence-electron chi connectivity index (χ1n) is 7.51. The second-order valence-corrected chi connectivity index (χ2v) is 5.51. The van der Waals surface area contributed by atoms with Gasteiger partial charge in [0.05, 0.1) is 19.3 Å². The summed E-state index contributed by atoms with van der Waals surface area (Å²) in [6, 6.07) is 5.40. The lowest BCUT2D eigenvalue weighted by molar-refractivity contribution is -0.0403. The summed E-state index contributed by atoms with van der Waals surface area (Å²) in [6.07, 6.45) is 1.50. The Morgan fingerprint density at radius 1 is 1.43 bits per heavy atom. The molecule has 1 fully saturated rings. The minimum atomic E-state index is -0.179. The van der Waals surface area contributed by atoms with E-state index in [0.29, 0.717) is 43.5 Å². The van der Waals surface area contributed by atoms with Crippen molar-refractivity contribution in [3.8, 4) is 5.75 Å². The molecule has 1 saturated heterocycles. The zero-order valence-corrected chi connectivity index (χ0v) is 13.2.